The van der Waals surface area contributed by atoms with E-state index in [1.807, 2.05) is 13.1 Å². The van der Waals surface area contributed by atoms with Gasteiger partial charge in [-0.1, -0.05) is 12.2 Å². The molecule has 0 radical (unpaired) electrons. The Hall–Kier alpha value is -0.920. The Kier molecular flexibility index (Phi) is 1.78. The maximum absolute atomic E-state index is 4.96. The maximum Gasteiger partial charge on any atom is 0.160 e. The number of ether oxygens (including phenoxy) is 1. The van der Waals surface area contributed by atoms with Gasteiger partial charge in [0, 0.05) is 12.7 Å². The SMILES string of the molecule is C=C(C)CN1C=COC1. The van der Waals surface area contributed by atoms with Gasteiger partial charge in [0.25, 0.3) is 0 Å². The average molecular weight is 125 g/mol. The van der Waals surface area contributed by atoms with Crippen molar-refractivity contribution in [1.82, 2.24) is 4.90 Å². The molecule has 1 heterocycles. The zero-order chi connectivity index (χ0) is 6.69. The third-order valence-electron chi connectivity index (χ3n) is 1.08. The van der Waals surface area contributed by atoms with Crippen LogP contribution in [0.4, 0.5) is 0 Å². The Morgan fingerprint density at radius 2 is 2.67 bits per heavy atom. The standard InChI is InChI=1S/C7H11NO/c1-7(2)5-8-3-4-9-6-8/h3-4H,1,5-6H2,2H3. The van der Waals surface area contributed by atoms with Gasteiger partial charge in [0.2, 0.25) is 0 Å². The first kappa shape index (κ1) is 6.20. The molecule has 0 saturated heterocycles. The second-order valence-electron chi connectivity index (χ2n) is 2.28. The van der Waals surface area contributed by atoms with E-state index in [0.717, 1.165) is 12.1 Å². The number of hydrogen-bond donors (Lipinski definition) is 0. The van der Waals surface area contributed by atoms with Crippen LogP contribution >= 0.6 is 0 Å². The summed E-state index contributed by atoms with van der Waals surface area (Å²) in [4.78, 5) is 2.06. The van der Waals surface area contributed by atoms with E-state index in [4.69, 9.17) is 4.74 Å². The van der Waals surface area contributed by atoms with Gasteiger partial charge in [0.05, 0.1) is 0 Å². The number of rotatable bonds is 2. The predicted molar refractivity (Wildman–Crippen MR) is 36.6 cm³/mol. The first-order valence-corrected chi connectivity index (χ1v) is 2.96. The zero-order valence-electron chi connectivity index (χ0n) is 5.63. The van der Waals surface area contributed by atoms with E-state index in [0.29, 0.717) is 6.73 Å². The number of nitrogens with zero attached hydrogens (tertiary/aromatic N) is 1. The van der Waals surface area contributed by atoms with E-state index in [9.17, 15) is 0 Å². The Labute approximate surface area is 55.4 Å². The molecular weight excluding hydrogens is 114 g/mol. The van der Waals surface area contributed by atoms with Crippen molar-refractivity contribution in [2.45, 2.75) is 6.92 Å². The minimum Gasteiger partial charge on any atom is -0.479 e. The summed E-state index contributed by atoms with van der Waals surface area (Å²) < 4.78 is 4.96. The molecule has 0 aromatic rings. The van der Waals surface area contributed by atoms with Crippen LogP contribution in [0.25, 0.3) is 0 Å². The van der Waals surface area contributed by atoms with Gasteiger partial charge in [-0.15, -0.1) is 0 Å². The van der Waals surface area contributed by atoms with E-state index in [2.05, 4.69) is 11.5 Å². The first-order valence-electron chi connectivity index (χ1n) is 2.96. The molecule has 50 valence electrons. The second-order valence-corrected chi connectivity index (χ2v) is 2.28. The van der Waals surface area contributed by atoms with Crippen molar-refractivity contribution >= 4 is 0 Å². The molecular formula is C7H11NO. The second kappa shape index (κ2) is 2.58. The van der Waals surface area contributed by atoms with Crippen LogP contribution in [0.1, 0.15) is 6.92 Å². The van der Waals surface area contributed by atoms with Gasteiger partial charge in [-0.3, -0.25) is 0 Å². The lowest BCUT2D eigenvalue weighted by atomic mass is 10.3. The van der Waals surface area contributed by atoms with E-state index >= 15 is 0 Å². The molecule has 1 rings (SSSR count). The summed E-state index contributed by atoms with van der Waals surface area (Å²) in [5, 5.41) is 0. The largest absolute Gasteiger partial charge is 0.479 e. The molecule has 1 aliphatic heterocycles. The van der Waals surface area contributed by atoms with Crippen LogP contribution in [0.5, 0.6) is 0 Å². The Morgan fingerprint density at radius 3 is 3.11 bits per heavy atom. The van der Waals surface area contributed by atoms with Gasteiger partial charge in [0.15, 0.2) is 6.73 Å². The molecule has 0 fully saturated rings. The third-order valence-corrected chi connectivity index (χ3v) is 1.08. The first-order chi connectivity index (χ1) is 4.29. The van der Waals surface area contributed by atoms with Crippen molar-refractivity contribution in [3.8, 4) is 0 Å². The van der Waals surface area contributed by atoms with Crippen molar-refractivity contribution in [2.24, 2.45) is 0 Å². The van der Waals surface area contributed by atoms with Crippen LogP contribution in [-0.2, 0) is 4.74 Å². The minimum absolute atomic E-state index is 0.673. The highest BCUT2D eigenvalue weighted by atomic mass is 16.5. The van der Waals surface area contributed by atoms with Gasteiger partial charge in [-0.25, -0.2) is 0 Å². The highest BCUT2D eigenvalue weighted by molar-refractivity contribution is 4.95. The average Bonchev–Trinajstić information content (AvgIpc) is 2.15. The number of hydrogen-bond acceptors (Lipinski definition) is 2. The molecule has 0 amide bonds. The molecule has 2 nitrogen and oxygen atoms in total. The molecule has 0 saturated carbocycles. The Bertz CT molecular complexity index is 140. The van der Waals surface area contributed by atoms with Gasteiger partial charge in [0.1, 0.15) is 6.26 Å². The topological polar surface area (TPSA) is 12.5 Å². The third kappa shape index (κ3) is 1.80. The summed E-state index contributed by atoms with van der Waals surface area (Å²) >= 11 is 0. The lowest BCUT2D eigenvalue weighted by Crippen LogP contribution is -2.16. The van der Waals surface area contributed by atoms with Crippen LogP contribution in [0, 0.1) is 0 Å². The molecule has 2 heteroatoms. The van der Waals surface area contributed by atoms with Crippen LogP contribution in [0.3, 0.4) is 0 Å². The molecule has 0 aromatic carbocycles. The minimum atomic E-state index is 0.673. The van der Waals surface area contributed by atoms with Crippen molar-refractivity contribution in [2.75, 3.05) is 13.3 Å². The molecule has 0 bridgehead atoms. The molecule has 0 aliphatic carbocycles. The highest BCUT2D eigenvalue weighted by Crippen LogP contribution is 2.02. The van der Waals surface area contributed by atoms with Crippen LogP contribution in [0.15, 0.2) is 24.6 Å². The summed E-state index contributed by atoms with van der Waals surface area (Å²) in [6.45, 7) is 7.37. The fraction of sp³-hybridized carbons (Fsp3) is 0.429. The van der Waals surface area contributed by atoms with E-state index < -0.39 is 0 Å². The summed E-state index contributed by atoms with van der Waals surface area (Å²) in [5.74, 6) is 0. The van der Waals surface area contributed by atoms with E-state index in [1.54, 1.807) is 6.26 Å². The Morgan fingerprint density at radius 1 is 1.89 bits per heavy atom. The molecule has 0 spiro atoms. The van der Waals surface area contributed by atoms with Crippen molar-refractivity contribution in [3.05, 3.63) is 24.6 Å². The summed E-state index contributed by atoms with van der Waals surface area (Å²) in [5.41, 5.74) is 1.16. The van der Waals surface area contributed by atoms with Crippen LogP contribution < -0.4 is 0 Å². The lowest BCUT2D eigenvalue weighted by Gasteiger charge is -2.12. The molecule has 0 unspecified atom stereocenters. The molecule has 9 heavy (non-hydrogen) atoms. The van der Waals surface area contributed by atoms with Crippen LogP contribution in [-0.4, -0.2) is 18.2 Å². The summed E-state index contributed by atoms with van der Waals surface area (Å²) in [6.07, 6.45) is 3.62. The Balaban J connectivity index is 2.28. The monoisotopic (exact) mass is 125 g/mol. The normalized spacial score (nSPS) is 15.9. The fourth-order valence-corrected chi connectivity index (χ4v) is 0.756. The van der Waals surface area contributed by atoms with Gasteiger partial charge in [-0.05, 0) is 6.92 Å². The quantitative estimate of drug-likeness (QED) is 0.516. The van der Waals surface area contributed by atoms with Gasteiger partial charge in [-0.2, -0.15) is 0 Å². The maximum atomic E-state index is 4.96. The van der Waals surface area contributed by atoms with Crippen molar-refractivity contribution in [3.63, 3.8) is 0 Å². The summed E-state index contributed by atoms with van der Waals surface area (Å²) in [7, 11) is 0. The molecule has 0 atom stereocenters. The smallest absolute Gasteiger partial charge is 0.160 e. The predicted octanol–water partition coefficient (Wildman–Crippen LogP) is 1.32. The lowest BCUT2D eigenvalue weighted by molar-refractivity contribution is 0.179. The van der Waals surface area contributed by atoms with E-state index in [-0.39, 0.29) is 0 Å². The summed E-state index contributed by atoms with van der Waals surface area (Å²) in [6, 6.07) is 0. The van der Waals surface area contributed by atoms with Gasteiger partial charge < -0.3 is 9.64 Å². The zero-order valence-corrected chi connectivity index (χ0v) is 5.63. The van der Waals surface area contributed by atoms with E-state index in [1.165, 1.54) is 0 Å². The van der Waals surface area contributed by atoms with Crippen LogP contribution in [0.2, 0.25) is 0 Å². The van der Waals surface area contributed by atoms with Gasteiger partial charge >= 0.3 is 0 Å². The molecule has 1 aliphatic rings. The van der Waals surface area contributed by atoms with Crippen molar-refractivity contribution < 1.29 is 4.74 Å². The molecule has 0 aromatic heterocycles. The highest BCUT2D eigenvalue weighted by Gasteiger charge is 2.02. The van der Waals surface area contributed by atoms with Crippen molar-refractivity contribution in [1.29, 1.82) is 0 Å². The fourth-order valence-electron chi connectivity index (χ4n) is 0.756. The molecule has 0 N–H and O–H groups in total.